The molecule has 6 heteroatoms. The highest BCUT2D eigenvalue weighted by Crippen LogP contribution is 2.22. The molecule has 28 heavy (non-hydrogen) atoms. The van der Waals surface area contributed by atoms with Crippen LogP contribution in [0.1, 0.15) is 31.0 Å². The fourth-order valence-electron chi connectivity index (χ4n) is 3.42. The molecule has 1 heterocycles. The standard InChI is InChI=1S/C22H28FN3O2/c1-16(2)28-20-8-3-5-17(11-20)13-25-22(27)15-26-10-9-24-14-21(26)18-6-4-7-19(23)12-18/h3-8,11-12,16,21,24H,9-10,13-15H2,1-2H3,(H,25,27). The predicted octanol–water partition coefficient (Wildman–Crippen LogP) is 2.88. The zero-order valence-corrected chi connectivity index (χ0v) is 16.5. The largest absolute Gasteiger partial charge is 0.491 e. The molecule has 0 bridgehead atoms. The Bertz CT molecular complexity index is 797. The number of carbonyl (C=O) groups is 1. The molecule has 0 saturated carbocycles. The first-order chi connectivity index (χ1) is 13.5. The Labute approximate surface area is 165 Å². The van der Waals surface area contributed by atoms with E-state index in [-0.39, 0.29) is 30.4 Å². The number of nitrogens with zero attached hydrogens (tertiary/aromatic N) is 1. The van der Waals surface area contributed by atoms with Crippen LogP contribution in [-0.2, 0) is 11.3 Å². The Balaban J connectivity index is 1.57. The smallest absolute Gasteiger partial charge is 0.234 e. The zero-order chi connectivity index (χ0) is 19.9. The zero-order valence-electron chi connectivity index (χ0n) is 16.5. The first-order valence-corrected chi connectivity index (χ1v) is 9.74. The molecule has 1 unspecified atom stereocenters. The summed E-state index contributed by atoms with van der Waals surface area (Å²) in [5, 5.41) is 6.31. The van der Waals surface area contributed by atoms with Gasteiger partial charge in [-0.05, 0) is 49.2 Å². The van der Waals surface area contributed by atoms with E-state index in [1.54, 1.807) is 12.1 Å². The Morgan fingerprint density at radius 3 is 2.89 bits per heavy atom. The molecule has 1 atom stereocenters. The first-order valence-electron chi connectivity index (χ1n) is 9.74. The van der Waals surface area contributed by atoms with E-state index in [0.717, 1.165) is 30.0 Å². The Hall–Kier alpha value is -2.44. The third-order valence-electron chi connectivity index (χ3n) is 4.69. The summed E-state index contributed by atoms with van der Waals surface area (Å²) in [7, 11) is 0. The molecule has 1 aliphatic heterocycles. The second kappa shape index (κ2) is 9.66. The van der Waals surface area contributed by atoms with Gasteiger partial charge in [-0.25, -0.2) is 4.39 Å². The normalized spacial score (nSPS) is 17.5. The molecule has 150 valence electrons. The number of benzene rings is 2. The van der Waals surface area contributed by atoms with Crippen molar-refractivity contribution in [1.82, 2.24) is 15.5 Å². The molecule has 1 fully saturated rings. The van der Waals surface area contributed by atoms with E-state index >= 15 is 0 Å². The topological polar surface area (TPSA) is 53.6 Å². The number of hydrogen-bond acceptors (Lipinski definition) is 4. The monoisotopic (exact) mass is 385 g/mol. The molecular weight excluding hydrogens is 357 g/mol. The molecule has 0 spiro atoms. The van der Waals surface area contributed by atoms with Gasteiger partial charge in [-0.2, -0.15) is 0 Å². The van der Waals surface area contributed by atoms with Crippen molar-refractivity contribution in [1.29, 1.82) is 0 Å². The summed E-state index contributed by atoms with van der Waals surface area (Å²) in [5.41, 5.74) is 1.88. The van der Waals surface area contributed by atoms with Gasteiger partial charge in [0, 0.05) is 32.2 Å². The van der Waals surface area contributed by atoms with Crippen LogP contribution >= 0.6 is 0 Å². The van der Waals surface area contributed by atoms with Crippen LogP contribution in [0.4, 0.5) is 4.39 Å². The van der Waals surface area contributed by atoms with Crippen molar-refractivity contribution in [3.63, 3.8) is 0 Å². The maximum absolute atomic E-state index is 13.6. The van der Waals surface area contributed by atoms with E-state index < -0.39 is 0 Å². The summed E-state index contributed by atoms with van der Waals surface area (Å²) >= 11 is 0. The maximum Gasteiger partial charge on any atom is 0.234 e. The molecule has 1 amide bonds. The van der Waals surface area contributed by atoms with Gasteiger partial charge >= 0.3 is 0 Å². The fraction of sp³-hybridized carbons (Fsp3) is 0.409. The fourth-order valence-corrected chi connectivity index (χ4v) is 3.42. The number of carbonyl (C=O) groups excluding carboxylic acids is 1. The summed E-state index contributed by atoms with van der Waals surface area (Å²) in [6.07, 6.45) is 0.109. The highest BCUT2D eigenvalue weighted by atomic mass is 19.1. The van der Waals surface area contributed by atoms with Crippen LogP contribution in [0, 0.1) is 5.82 Å². The van der Waals surface area contributed by atoms with Gasteiger partial charge < -0.3 is 15.4 Å². The van der Waals surface area contributed by atoms with Gasteiger partial charge in [0.05, 0.1) is 12.6 Å². The van der Waals surface area contributed by atoms with Gasteiger partial charge in [0.1, 0.15) is 11.6 Å². The Morgan fingerprint density at radius 2 is 2.11 bits per heavy atom. The minimum absolute atomic E-state index is 0.0158. The van der Waals surface area contributed by atoms with E-state index in [2.05, 4.69) is 15.5 Å². The first kappa shape index (κ1) is 20.3. The van der Waals surface area contributed by atoms with Crippen LogP contribution in [0.25, 0.3) is 0 Å². The van der Waals surface area contributed by atoms with Crippen LogP contribution < -0.4 is 15.4 Å². The minimum atomic E-state index is -0.254. The number of ether oxygens (including phenoxy) is 1. The van der Waals surface area contributed by atoms with Crippen molar-refractivity contribution in [2.45, 2.75) is 32.5 Å². The predicted molar refractivity (Wildman–Crippen MR) is 108 cm³/mol. The van der Waals surface area contributed by atoms with Crippen LogP contribution in [0.2, 0.25) is 0 Å². The highest BCUT2D eigenvalue weighted by Gasteiger charge is 2.25. The van der Waals surface area contributed by atoms with Crippen molar-refractivity contribution in [3.05, 3.63) is 65.5 Å². The SMILES string of the molecule is CC(C)Oc1cccc(CNC(=O)CN2CCNCC2c2cccc(F)c2)c1. The lowest BCUT2D eigenvalue weighted by atomic mass is 10.0. The lowest BCUT2D eigenvalue weighted by Gasteiger charge is -2.36. The van der Waals surface area contributed by atoms with Crippen LogP contribution in [0.5, 0.6) is 5.75 Å². The van der Waals surface area contributed by atoms with Gasteiger partial charge in [0.2, 0.25) is 5.91 Å². The quantitative estimate of drug-likeness (QED) is 0.770. The lowest BCUT2D eigenvalue weighted by molar-refractivity contribution is -0.123. The van der Waals surface area contributed by atoms with Crippen LogP contribution in [-0.4, -0.2) is 43.1 Å². The Kier molecular flexibility index (Phi) is 7.01. The molecule has 0 aromatic heterocycles. The molecular formula is C22H28FN3O2. The van der Waals surface area contributed by atoms with Gasteiger partial charge in [0.25, 0.3) is 0 Å². The van der Waals surface area contributed by atoms with E-state index in [1.807, 2.05) is 44.2 Å². The number of rotatable bonds is 7. The van der Waals surface area contributed by atoms with Crippen LogP contribution in [0.3, 0.4) is 0 Å². The minimum Gasteiger partial charge on any atom is -0.491 e. The van der Waals surface area contributed by atoms with E-state index in [9.17, 15) is 9.18 Å². The molecule has 1 saturated heterocycles. The van der Waals surface area contributed by atoms with Crippen molar-refractivity contribution in [2.24, 2.45) is 0 Å². The van der Waals surface area contributed by atoms with Crippen molar-refractivity contribution in [3.8, 4) is 5.75 Å². The number of nitrogens with one attached hydrogen (secondary N) is 2. The number of amides is 1. The van der Waals surface area contributed by atoms with Gasteiger partial charge in [-0.1, -0.05) is 24.3 Å². The third-order valence-corrected chi connectivity index (χ3v) is 4.69. The summed E-state index contributed by atoms with van der Waals surface area (Å²) in [5.74, 6) is 0.504. The number of piperazine rings is 1. The highest BCUT2D eigenvalue weighted by molar-refractivity contribution is 5.78. The molecule has 2 N–H and O–H groups in total. The average Bonchev–Trinajstić information content (AvgIpc) is 2.67. The van der Waals surface area contributed by atoms with E-state index in [1.165, 1.54) is 6.07 Å². The van der Waals surface area contributed by atoms with Gasteiger partial charge in [-0.3, -0.25) is 9.69 Å². The summed E-state index contributed by atoms with van der Waals surface area (Å²) in [6, 6.07) is 14.3. The Morgan fingerprint density at radius 1 is 1.29 bits per heavy atom. The molecule has 2 aromatic carbocycles. The van der Waals surface area contributed by atoms with Gasteiger partial charge in [0.15, 0.2) is 0 Å². The molecule has 5 nitrogen and oxygen atoms in total. The number of halogens is 1. The summed E-state index contributed by atoms with van der Waals surface area (Å²) in [4.78, 5) is 14.6. The average molecular weight is 385 g/mol. The van der Waals surface area contributed by atoms with E-state index in [0.29, 0.717) is 13.1 Å². The summed E-state index contributed by atoms with van der Waals surface area (Å²) < 4.78 is 19.3. The number of hydrogen-bond donors (Lipinski definition) is 2. The summed E-state index contributed by atoms with van der Waals surface area (Å²) in [6.45, 7) is 6.95. The van der Waals surface area contributed by atoms with Crippen molar-refractivity contribution in [2.75, 3.05) is 26.2 Å². The molecule has 2 aromatic rings. The second-order valence-electron chi connectivity index (χ2n) is 7.34. The lowest BCUT2D eigenvalue weighted by Crippen LogP contribution is -2.49. The second-order valence-corrected chi connectivity index (χ2v) is 7.34. The molecule has 0 aliphatic carbocycles. The molecule has 0 radical (unpaired) electrons. The van der Waals surface area contributed by atoms with Crippen molar-refractivity contribution < 1.29 is 13.9 Å². The maximum atomic E-state index is 13.6. The van der Waals surface area contributed by atoms with Crippen molar-refractivity contribution >= 4 is 5.91 Å². The molecule has 1 aliphatic rings. The van der Waals surface area contributed by atoms with Crippen LogP contribution in [0.15, 0.2) is 48.5 Å². The van der Waals surface area contributed by atoms with Gasteiger partial charge in [-0.15, -0.1) is 0 Å². The third kappa shape index (κ3) is 5.78. The van der Waals surface area contributed by atoms with E-state index in [4.69, 9.17) is 4.74 Å². The molecule has 3 rings (SSSR count).